The summed E-state index contributed by atoms with van der Waals surface area (Å²) in [5.41, 5.74) is 6.52. The van der Waals surface area contributed by atoms with E-state index in [1.807, 2.05) is 28.8 Å². The summed E-state index contributed by atoms with van der Waals surface area (Å²) in [5.74, 6) is 1.11. The predicted octanol–water partition coefficient (Wildman–Crippen LogP) is 3.28. The maximum atomic E-state index is 11.4. The number of ether oxygens (including phenoxy) is 2. The van der Waals surface area contributed by atoms with Crippen LogP contribution >= 0.6 is 19.4 Å². The molecule has 0 amide bonds. The second kappa shape index (κ2) is 8.99. The van der Waals surface area contributed by atoms with E-state index in [2.05, 4.69) is 21.9 Å². The molecule has 2 unspecified atom stereocenters. The summed E-state index contributed by atoms with van der Waals surface area (Å²) < 4.78 is 24.2. The van der Waals surface area contributed by atoms with Gasteiger partial charge in [0.05, 0.1) is 25.6 Å². The fraction of sp³-hybridized carbons (Fsp3) is 0.450. The lowest BCUT2D eigenvalue weighted by Crippen LogP contribution is -2.25. The van der Waals surface area contributed by atoms with Gasteiger partial charge in [0, 0.05) is 4.90 Å². The van der Waals surface area contributed by atoms with E-state index in [-0.39, 0.29) is 11.9 Å². The number of nitrogen functional groups attached to an aromatic ring is 1. The zero-order valence-electron chi connectivity index (χ0n) is 17.8. The van der Waals surface area contributed by atoms with Crippen molar-refractivity contribution in [3.63, 3.8) is 0 Å². The van der Waals surface area contributed by atoms with Crippen molar-refractivity contribution >= 4 is 36.5 Å². The zero-order chi connectivity index (χ0) is 22.9. The maximum absolute atomic E-state index is 11.4. The highest BCUT2D eigenvalue weighted by Gasteiger charge is 2.55. The van der Waals surface area contributed by atoms with Crippen LogP contribution in [0.15, 0.2) is 40.5 Å². The summed E-state index contributed by atoms with van der Waals surface area (Å²) in [4.78, 5) is 32.8. The van der Waals surface area contributed by atoms with Gasteiger partial charge in [-0.25, -0.2) is 9.97 Å². The molecular weight excluding hydrogens is 453 g/mol. The molecule has 4 N–H and O–H groups in total. The van der Waals surface area contributed by atoms with E-state index in [1.54, 1.807) is 13.4 Å². The number of aromatic nitrogens is 4. The largest absolute Gasteiger partial charge is 0.497 e. The standard InChI is InChI=1S/C20H26N5O5PS/c1-3-4-13-9-20(13,30-12-31(26,27)28)10-25-11-22-16-17(25)23-19(21)24-18(16)32-15-7-5-14(29-2)6-8-15/h5-8,11,13H,3-4,9-10,12H2,1-2H3,(H2,21,23,24)(H2,26,27,28). The van der Waals surface area contributed by atoms with Crippen LogP contribution in [-0.2, 0) is 15.8 Å². The molecule has 1 fully saturated rings. The van der Waals surface area contributed by atoms with Crippen LogP contribution in [0.25, 0.3) is 11.2 Å². The van der Waals surface area contributed by atoms with Gasteiger partial charge in [0.15, 0.2) is 5.65 Å². The molecule has 1 aliphatic rings. The van der Waals surface area contributed by atoms with E-state index in [0.717, 1.165) is 29.9 Å². The minimum atomic E-state index is -4.27. The van der Waals surface area contributed by atoms with Crippen LogP contribution in [0.3, 0.4) is 0 Å². The van der Waals surface area contributed by atoms with Crippen LogP contribution in [0.2, 0.25) is 0 Å². The summed E-state index contributed by atoms with van der Waals surface area (Å²) in [6.07, 6.45) is 3.67. The van der Waals surface area contributed by atoms with E-state index >= 15 is 0 Å². The Balaban J connectivity index is 1.61. The third-order valence-electron chi connectivity index (χ3n) is 5.49. The van der Waals surface area contributed by atoms with Crippen molar-refractivity contribution in [2.75, 3.05) is 19.2 Å². The zero-order valence-corrected chi connectivity index (χ0v) is 19.6. The quantitative estimate of drug-likeness (QED) is 0.292. The number of benzene rings is 1. The lowest BCUT2D eigenvalue weighted by atomic mass is 10.1. The van der Waals surface area contributed by atoms with Gasteiger partial charge < -0.3 is 29.6 Å². The first-order valence-electron chi connectivity index (χ1n) is 10.2. The summed E-state index contributed by atoms with van der Waals surface area (Å²) in [5, 5.41) is 0.627. The molecule has 1 aromatic carbocycles. The average Bonchev–Trinajstić information content (AvgIpc) is 3.27. The molecule has 0 radical (unpaired) electrons. The Labute approximate surface area is 189 Å². The number of anilines is 1. The molecule has 32 heavy (non-hydrogen) atoms. The Morgan fingerprint density at radius 2 is 2.06 bits per heavy atom. The molecular formula is C20H26N5O5PS. The van der Waals surface area contributed by atoms with Crippen molar-refractivity contribution < 1.29 is 23.8 Å². The van der Waals surface area contributed by atoms with Crippen molar-refractivity contribution in [1.29, 1.82) is 0 Å². The Hall–Kier alpha value is -2.17. The van der Waals surface area contributed by atoms with E-state index in [1.165, 1.54) is 11.8 Å². The van der Waals surface area contributed by atoms with E-state index < -0.39 is 19.5 Å². The van der Waals surface area contributed by atoms with Gasteiger partial charge in [-0.15, -0.1) is 0 Å². The molecule has 2 heterocycles. The predicted molar refractivity (Wildman–Crippen MR) is 121 cm³/mol. The summed E-state index contributed by atoms with van der Waals surface area (Å²) >= 11 is 1.42. The van der Waals surface area contributed by atoms with Crippen LogP contribution in [0.4, 0.5) is 5.95 Å². The highest BCUT2D eigenvalue weighted by atomic mass is 32.2. The monoisotopic (exact) mass is 479 g/mol. The van der Waals surface area contributed by atoms with Crippen LogP contribution in [-0.4, -0.2) is 48.4 Å². The second-order valence-electron chi connectivity index (χ2n) is 7.90. The molecule has 0 bridgehead atoms. The van der Waals surface area contributed by atoms with Gasteiger partial charge in [-0.1, -0.05) is 25.1 Å². The minimum absolute atomic E-state index is 0.126. The number of imidazole rings is 1. The minimum Gasteiger partial charge on any atom is -0.497 e. The number of hydrogen-bond acceptors (Lipinski definition) is 8. The number of fused-ring (bicyclic) bond motifs is 1. The van der Waals surface area contributed by atoms with Crippen LogP contribution in [0.1, 0.15) is 26.2 Å². The van der Waals surface area contributed by atoms with E-state index in [4.69, 9.17) is 15.2 Å². The normalized spacial score (nSPS) is 20.6. The third kappa shape index (κ3) is 5.07. The van der Waals surface area contributed by atoms with Gasteiger partial charge in [-0.2, -0.15) is 4.98 Å². The summed E-state index contributed by atoms with van der Waals surface area (Å²) in [6, 6.07) is 7.58. The molecule has 0 spiro atoms. The molecule has 12 heteroatoms. The smallest absolute Gasteiger partial charge is 0.351 e. The third-order valence-corrected chi connectivity index (χ3v) is 6.95. The number of hydrogen-bond donors (Lipinski definition) is 3. The maximum Gasteiger partial charge on any atom is 0.351 e. The Morgan fingerprint density at radius 3 is 2.72 bits per heavy atom. The number of nitrogens with two attached hydrogens (primary N) is 1. The topological polar surface area (TPSA) is 146 Å². The Kier molecular flexibility index (Phi) is 6.46. The number of nitrogens with zero attached hydrogens (tertiary/aromatic N) is 4. The fourth-order valence-corrected chi connectivity index (χ4v) is 5.17. The molecule has 4 rings (SSSR count). The molecule has 1 aliphatic carbocycles. The molecule has 172 valence electrons. The van der Waals surface area contributed by atoms with Gasteiger partial charge in [0.25, 0.3) is 0 Å². The number of methoxy groups -OCH3 is 1. The lowest BCUT2D eigenvalue weighted by Gasteiger charge is -2.20. The first-order chi connectivity index (χ1) is 15.2. The molecule has 0 saturated heterocycles. The molecule has 3 aromatic rings. The highest BCUT2D eigenvalue weighted by molar-refractivity contribution is 7.99. The van der Waals surface area contributed by atoms with Crippen molar-refractivity contribution in [3.05, 3.63) is 30.6 Å². The summed E-state index contributed by atoms with van der Waals surface area (Å²) in [6.45, 7) is 2.46. The number of rotatable bonds is 10. The Bertz CT molecular complexity index is 1150. The van der Waals surface area contributed by atoms with Gasteiger partial charge in [-0.05, 0) is 43.0 Å². The first-order valence-corrected chi connectivity index (χ1v) is 12.8. The van der Waals surface area contributed by atoms with E-state index in [0.29, 0.717) is 22.7 Å². The SMILES string of the molecule is CCCC1CC1(Cn1cnc2c(Sc3ccc(OC)cc3)nc(N)nc21)OCP(=O)(O)O. The van der Waals surface area contributed by atoms with Crippen LogP contribution in [0, 0.1) is 5.92 Å². The average molecular weight is 479 g/mol. The fourth-order valence-electron chi connectivity index (χ4n) is 3.87. The van der Waals surface area contributed by atoms with Crippen LogP contribution < -0.4 is 10.5 Å². The Morgan fingerprint density at radius 1 is 1.31 bits per heavy atom. The van der Waals surface area contributed by atoms with Gasteiger partial charge in [0.1, 0.15) is 22.6 Å². The van der Waals surface area contributed by atoms with Gasteiger partial charge >= 0.3 is 7.60 Å². The van der Waals surface area contributed by atoms with Crippen molar-refractivity contribution in [2.45, 2.75) is 48.3 Å². The van der Waals surface area contributed by atoms with Crippen LogP contribution in [0.5, 0.6) is 5.75 Å². The van der Waals surface area contributed by atoms with Crippen molar-refractivity contribution in [3.8, 4) is 5.75 Å². The lowest BCUT2D eigenvalue weighted by molar-refractivity contribution is 0.0274. The van der Waals surface area contributed by atoms with Crippen molar-refractivity contribution in [2.24, 2.45) is 5.92 Å². The summed E-state index contributed by atoms with van der Waals surface area (Å²) in [7, 11) is -2.66. The van der Waals surface area contributed by atoms with E-state index in [9.17, 15) is 14.4 Å². The molecule has 10 nitrogen and oxygen atoms in total. The molecule has 1 saturated carbocycles. The molecule has 2 atom stereocenters. The highest BCUT2D eigenvalue weighted by Crippen LogP contribution is 2.53. The molecule has 2 aromatic heterocycles. The first kappa shape index (κ1) is 23.0. The van der Waals surface area contributed by atoms with Crippen molar-refractivity contribution in [1.82, 2.24) is 19.5 Å². The van der Waals surface area contributed by atoms with Gasteiger partial charge in [0.2, 0.25) is 5.95 Å². The van der Waals surface area contributed by atoms with Gasteiger partial charge in [-0.3, -0.25) is 4.57 Å². The molecule has 0 aliphatic heterocycles. The second-order valence-corrected chi connectivity index (χ2v) is 10.6.